The lowest BCUT2D eigenvalue weighted by Crippen LogP contribution is -1.97. The highest BCUT2D eigenvalue weighted by atomic mass is 79.9. The molecule has 0 aliphatic carbocycles. The van der Waals surface area contributed by atoms with E-state index in [1.165, 1.54) is 0 Å². The molecule has 0 saturated carbocycles. The molecular formula is C11H11BrO. The van der Waals surface area contributed by atoms with Crippen LogP contribution < -0.4 is 0 Å². The third-order valence-electron chi connectivity index (χ3n) is 1.80. The van der Waals surface area contributed by atoms with Gasteiger partial charge in [-0.2, -0.15) is 0 Å². The van der Waals surface area contributed by atoms with Gasteiger partial charge in [0.15, 0.2) is 0 Å². The highest BCUT2D eigenvalue weighted by molar-refractivity contribution is 9.10. The zero-order chi connectivity index (χ0) is 9.84. The standard InChI is InChI=1S/C11H11BrO/c1-3-8(2)11(13)9-4-6-10(12)7-5-9/h3-7,11,13H,1-2H2. The fourth-order valence-electron chi connectivity index (χ4n) is 0.971. The van der Waals surface area contributed by atoms with Crippen LogP contribution >= 0.6 is 15.9 Å². The molecule has 1 N–H and O–H groups in total. The summed E-state index contributed by atoms with van der Waals surface area (Å²) in [6.07, 6.45) is 0.915. The maximum atomic E-state index is 9.69. The van der Waals surface area contributed by atoms with Gasteiger partial charge in [-0.3, -0.25) is 0 Å². The summed E-state index contributed by atoms with van der Waals surface area (Å²) in [5, 5.41) is 9.69. The minimum absolute atomic E-state index is 0.613. The fourth-order valence-corrected chi connectivity index (χ4v) is 1.24. The zero-order valence-corrected chi connectivity index (χ0v) is 8.79. The lowest BCUT2D eigenvalue weighted by molar-refractivity contribution is 0.220. The second kappa shape index (κ2) is 4.40. The van der Waals surface area contributed by atoms with Crippen molar-refractivity contribution in [1.82, 2.24) is 0 Å². The number of halogens is 1. The molecule has 1 atom stereocenters. The Hall–Kier alpha value is -0.860. The third-order valence-corrected chi connectivity index (χ3v) is 2.33. The van der Waals surface area contributed by atoms with Crippen molar-refractivity contribution in [2.24, 2.45) is 0 Å². The van der Waals surface area contributed by atoms with Gasteiger partial charge >= 0.3 is 0 Å². The Morgan fingerprint density at radius 3 is 2.38 bits per heavy atom. The first-order chi connectivity index (χ1) is 6.15. The molecular weight excluding hydrogens is 228 g/mol. The van der Waals surface area contributed by atoms with Gasteiger partial charge in [0.2, 0.25) is 0 Å². The van der Waals surface area contributed by atoms with Crippen LogP contribution in [0.3, 0.4) is 0 Å². The predicted octanol–water partition coefficient (Wildman–Crippen LogP) is 3.22. The Bertz CT molecular complexity index is 313. The lowest BCUT2D eigenvalue weighted by Gasteiger charge is -2.10. The Kier molecular flexibility index (Phi) is 3.46. The van der Waals surface area contributed by atoms with Gasteiger partial charge in [0.1, 0.15) is 6.10 Å². The molecule has 1 aromatic rings. The van der Waals surface area contributed by atoms with Crippen molar-refractivity contribution in [3.63, 3.8) is 0 Å². The Morgan fingerprint density at radius 1 is 1.38 bits per heavy atom. The summed E-state index contributed by atoms with van der Waals surface area (Å²) in [6.45, 7) is 7.25. The SMILES string of the molecule is C=CC(=C)C(O)c1ccc(Br)cc1. The number of benzene rings is 1. The molecule has 0 fully saturated rings. The van der Waals surface area contributed by atoms with E-state index in [0.29, 0.717) is 5.57 Å². The zero-order valence-electron chi connectivity index (χ0n) is 7.20. The number of rotatable bonds is 3. The minimum Gasteiger partial charge on any atom is -0.384 e. The van der Waals surface area contributed by atoms with Gasteiger partial charge in [-0.05, 0) is 23.3 Å². The molecule has 0 amide bonds. The fraction of sp³-hybridized carbons (Fsp3) is 0.0909. The van der Waals surface area contributed by atoms with Crippen LogP contribution in [0, 0.1) is 0 Å². The highest BCUT2D eigenvalue weighted by Gasteiger charge is 2.07. The normalized spacial score (nSPS) is 12.2. The maximum absolute atomic E-state index is 9.69. The molecule has 0 bridgehead atoms. The lowest BCUT2D eigenvalue weighted by atomic mass is 10.0. The first-order valence-corrected chi connectivity index (χ1v) is 4.69. The molecule has 1 nitrogen and oxygen atoms in total. The Labute approximate surface area is 86.5 Å². The van der Waals surface area contributed by atoms with E-state index in [0.717, 1.165) is 10.0 Å². The third kappa shape index (κ3) is 2.54. The van der Waals surface area contributed by atoms with Gasteiger partial charge in [-0.1, -0.05) is 47.3 Å². The molecule has 1 rings (SSSR count). The van der Waals surface area contributed by atoms with Crippen LogP contribution in [0.4, 0.5) is 0 Å². The van der Waals surface area contributed by atoms with Crippen molar-refractivity contribution in [2.45, 2.75) is 6.10 Å². The summed E-state index contributed by atoms with van der Waals surface area (Å²) >= 11 is 3.32. The minimum atomic E-state index is -0.648. The molecule has 0 aromatic heterocycles. The van der Waals surface area contributed by atoms with Crippen molar-refractivity contribution >= 4 is 15.9 Å². The smallest absolute Gasteiger partial charge is 0.103 e. The topological polar surface area (TPSA) is 20.2 Å². The van der Waals surface area contributed by atoms with Crippen molar-refractivity contribution in [3.05, 3.63) is 59.1 Å². The summed E-state index contributed by atoms with van der Waals surface area (Å²) in [6, 6.07) is 7.47. The van der Waals surface area contributed by atoms with Crippen LogP contribution in [0.15, 0.2) is 53.5 Å². The molecule has 0 aliphatic rings. The second-order valence-electron chi connectivity index (χ2n) is 2.73. The molecule has 2 heteroatoms. The van der Waals surface area contributed by atoms with Crippen LogP contribution in [0.1, 0.15) is 11.7 Å². The number of hydrogen-bond donors (Lipinski definition) is 1. The predicted molar refractivity (Wildman–Crippen MR) is 58.4 cm³/mol. The van der Waals surface area contributed by atoms with Crippen molar-refractivity contribution in [1.29, 1.82) is 0 Å². The van der Waals surface area contributed by atoms with E-state index in [-0.39, 0.29) is 0 Å². The first kappa shape index (κ1) is 10.2. The number of aliphatic hydroxyl groups is 1. The van der Waals surface area contributed by atoms with Gasteiger partial charge < -0.3 is 5.11 Å². The van der Waals surface area contributed by atoms with E-state index in [1.54, 1.807) is 6.08 Å². The van der Waals surface area contributed by atoms with E-state index in [4.69, 9.17) is 0 Å². The van der Waals surface area contributed by atoms with Crippen LogP contribution in [0.5, 0.6) is 0 Å². The van der Waals surface area contributed by atoms with E-state index < -0.39 is 6.10 Å². The van der Waals surface area contributed by atoms with Crippen LogP contribution in [0.2, 0.25) is 0 Å². The molecule has 68 valence electrons. The average molecular weight is 239 g/mol. The van der Waals surface area contributed by atoms with E-state index in [1.807, 2.05) is 24.3 Å². The summed E-state index contributed by atoms with van der Waals surface area (Å²) in [5.74, 6) is 0. The van der Waals surface area contributed by atoms with Gasteiger partial charge in [0.05, 0.1) is 0 Å². The molecule has 0 heterocycles. The molecule has 13 heavy (non-hydrogen) atoms. The van der Waals surface area contributed by atoms with E-state index in [9.17, 15) is 5.11 Å². The monoisotopic (exact) mass is 238 g/mol. The molecule has 1 unspecified atom stereocenters. The summed E-state index contributed by atoms with van der Waals surface area (Å²) in [7, 11) is 0. The van der Waals surface area contributed by atoms with Crippen LogP contribution in [0.25, 0.3) is 0 Å². The Balaban J connectivity index is 2.89. The summed E-state index contributed by atoms with van der Waals surface area (Å²) in [5.41, 5.74) is 1.44. The molecule has 1 aromatic carbocycles. The van der Waals surface area contributed by atoms with Crippen molar-refractivity contribution < 1.29 is 5.11 Å². The summed E-state index contributed by atoms with van der Waals surface area (Å²) in [4.78, 5) is 0. The molecule has 0 aliphatic heterocycles. The van der Waals surface area contributed by atoms with Gasteiger partial charge in [-0.15, -0.1) is 0 Å². The van der Waals surface area contributed by atoms with Gasteiger partial charge in [-0.25, -0.2) is 0 Å². The average Bonchev–Trinajstić information content (AvgIpc) is 2.17. The Morgan fingerprint density at radius 2 is 1.92 bits per heavy atom. The van der Waals surface area contributed by atoms with Gasteiger partial charge in [0, 0.05) is 4.47 Å². The molecule has 0 spiro atoms. The number of aliphatic hydroxyl groups excluding tert-OH is 1. The number of hydrogen-bond acceptors (Lipinski definition) is 1. The summed E-state index contributed by atoms with van der Waals surface area (Å²) < 4.78 is 0.993. The highest BCUT2D eigenvalue weighted by Crippen LogP contribution is 2.22. The van der Waals surface area contributed by atoms with Gasteiger partial charge in [0.25, 0.3) is 0 Å². The van der Waals surface area contributed by atoms with Crippen molar-refractivity contribution in [3.8, 4) is 0 Å². The van der Waals surface area contributed by atoms with Crippen LogP contribution in [-0.4, -0.2) is 5.11 Å². The van der Waals surface area contributed by atoms with E-state index >= 15 is 0 Å². The second-order valence-corrected chi connectivity index (χ2v) is 3.65. The molecule has 0 saturated heterocycles. The maximum Gasteiger partial charge on any atom is 0.103 e. The molecule has 0 radical (unpaired) electrons. The van der Waals surface area contributed by atoms with E-state index in [2.05, 4.69) is 29.1 Å². The largest absolute Gasteiger partial charge is 0.384 e. The van der Waals surface area contributed by atoms with Crippen molar-refractivity contribution in [2.75, 3.05) is 0 Å². The quantitative estimate of drug-likeness (QED) is 0.803. The first-order valence-electron chi connectivity index (χ1n) is 3.90. The van der Waals surface area contributed by atoms with Crippen LogP contribution in [-0.2, 0) is 0 Å².